The van der Waals surface area contributed by atoms with Crippen molar-refractivity contribution in [1.82, 2.24) is 10.3 Å². The third-order valence-electron chi connectivity index (χ3n) is 3.89. The van der Waals surface area contributed by atoms with Crippen LogP contribution in [0.15, 0.2) is 60.8 Å². The number of pyridine rings is 1. The van der Waals surface area contributed by atoms with Crippen molar-refractivity contribution in [2.45, 2.75) is 19.9 Å². The van der Waals surface area contributed by atoms with Crippen molar-refractivity contribution in [1.29, 1.82) is 0 Å². The number of hydrogen-bond acceptors (Lipinski definition) is 2. The molecule has 1 N–H and O–H groups in total. The van der Waals surface area contributed by atoms with Gasteiger partial charge in [-0.1, -0.05) is 36.4 Å². The fourth-order valence-corrected chi connectivity index (χ4v) is 2.73. The highest BCUT2D eigenvalue weighted by molar-refractivity contribution is 6.06. The average molecular weight is 290 g/mol. The predicted octanol–water partition coefficient (Wildman–Crippen LogP) is 4.03. The van der Waals surface area contributed by atoms with Crippen LogP contribution in [0.1, 0.15) is 34.5 Å². The van der Waals surface area contributed by atoms with Crippen molar-refractivity contribution in [3.63, 3.8) is 0 Å². The summed E-state index contributed by atoms with van der Waals surface area (Å²) in [4.78, 5) is 16.9. The van der Waals surface area contributed by atoms with E-state index in [9.17, 15) is 4.79 Å². The molecule has 1 amide bonds. The summed E-state index contributed by atoms with van der Waals surface area (Å²) in [5, 5.41) is 3.95. The van der Waals surface area contributed by atoms with E-state index in [1.165, 1.54) is 5.56 Å². The van der Waals surface area contributed by atoms with Gasteiger partial charge in [-0.05, 0) is 43.2 Å². The number of carbonyl (C=O) groups excluding carboxylic acids is 1. The van der Waals surface area contributed by atoms with E-state index < -0.39 is 0 Å². The number of hydrogen-bond donors (Lipinski definition) is 1. The van der Waals surface area contributed by atoms with Crippen LogP contribution in [-0.4, -0.2) is 10.9 Å². The van der Waals surface area contributed by atoms with E-state index in [4.69, 9.17) is 0 Å². The molecule has 0 unspecified atom stereocenters. The zero-order valence-electron chi connectivity index (χ0n) is 12.7. The van der Waals surface area contributed by atoms with Crippen LogP contribution in [0.4, 0.5) is 0 Å². The van der Waals surface area contributed by atoms with Gasteiger partial charge in [-0.3, -0.25) is 9.78 Å². The van der Waals surface area contributed by atoms with Crippen molar-refractivity contribution >= 4 is 16.8 Å². The minimum Gasteiger partial charge on any atom is -0.345 e. The maximum Gasteiger partial charge on any atom is 0.252 e. The summed E-state index contributed by atoms with van der Waals surface area (Å²) >= 11 is 0. The predicted molar refractivity (Wildman–Crippen MR) is 88.8 cm³/mol. The normalized spacial score (nSPS) is 12.1. The van der Waals surface area contributed by atoms with Gasteiger partial charge in [-0.2, -0.15) is 0 Å². The molecule has 0 bridgehead atoms. The number of nitrogens with zero attached hydrogens (tertiary/aromatic N) is 1. The number of amides is 1. The largest absolute Gasteiger partial charge is 0.345 e. The van der Waals surface area contributed by atoms with Gasteiger partial charge in [0.2, 0.25) is 0 Å². The molecule has 1 atom stereocenters. The SMILES string of the molecule is Cc1ccccc1[C@@H](C)NC(=O)c1cccc2ncccc12. The molecule has 0 aliphatic heterocycles. The Bertz CT molecular complexity index is 821. The smallest absolute Gasteiger partial charge is 0.252 e. The number of fused-ring (bicyclic) bond motifs is 1. The first-order valence-electron chi connectivity index (χ1n) is 7.37. The van der Waals surface area contributed by atoms with Gasteiger partial charge in [0.1, 0.15) is 0 Å². The van der Waals surface area contributed by atoms with Gasteiger partial charge in [0.25, 0.3) is 5.91 Å². The van der Waals surface area contributed by atoms with Crippen LogP contribution < -0.4 is 5.32 Å². The number of benzene rings is 2. The van der Waals surface area contributed by atoms with Gasteiger partial charge >= 0.3 is 0 Å². The van der Waals surface area contributed by atoms with E-state index in [2.05, 4.69) is 23.3 Å². The summed E-state index contributed by atoms with van der Waals surface area (Å²) in [7, 11) is 0. The van der Waals surface area contributed by atoms with Gasteiger partial charge in [0.05, 0.1) is 11.6 Å². The van der Waals surface area contributed by atoms with Crippen LogP contribution in [0.2, 0.25) is 0 Å². The van der Waals surface area contributed by atoms with E-state index in [0.717, 1.165) is 16.5 Å². The van der Waals surface area contributed by atoms with Crippen molar-refractivity contribution in [3.05, 3.63) is 77.5 Å². The van der Waals surface area contributed by atoms with Crippen molar-refractivity contribution in [3.8, 4) is 0 Å². The van der Waals surface area contributed by atoms with Crippen LogP contribution in [0.3, 0.4) is 0 Å². The van der Waals surface area contributed by atoms with Crippen molar-refractivity contribution in [2.24, 2.45) is 0 Å². The first-order chi connectivity index (χ1) is 10.7. The van der Waals surface area contributed by atoms with E-state index in [-0.39, 0.29) is 11.9 Å². The highest BCUT2D eigenvalue weighted by Crippen LogP contribution is 2.20. The van der Waals surface area contributed by atoms with Crippen LogP contribution >= 0.6 is 0 Å². The molecule has 0 aliphatic carbocycles. The molecule has 0 saturated carbocycles. The Morgan fingerprint density at radius 1 is 1.05 bits per heavy atom. The standard InChI is InChI=1S/C19H18N2O/c1-13-7-3-4-8-15(13)14(2)21-19(22)17-9-5-11-18-16(17)10-6-12-20-18/h3-12,14H,1-2H3,(H,21,22)/t14-/m1/s1. The third-order valence-corrected chi connectivity index (χ3v) is 3.89. The summed E-state index contributed by atoms with van der Waals surface area (Å²) in [5.74, 6) is -0.0747. The Morgan fingerprint density at radius 2 is 1.86 bits per heavy atom. The van der Waals surface area contributed by atoms with E-state index in [1.807, 2.05) is 55.5 Å². The van der Waals surface area contributed by atoms with Crippen LogP contribution in [0, 0.1) is 6.92 Å². The maximum absolute atomic E-state index is 12.6. The molecule has 3 aromatic rings. The van der Waals surface area contributed by atoms with E-state index in [0.29, 0.717) is 5.56 Å². The molecule has 0 saturated heterocycles. The van der Waals surface area contributed by atoms with Crippen molar-refractivity contribution in [2.75, 3.05) is 0 Å². The molecule has 2 aromatic carbocycles. The first-order valence-corrected chi connectivity index (χ1v) is 7.37. The molecule has 3 nitrogen and oxygen atoms in total. The topological polar surface area (TPSA) is 42.0 Å². The second-order valence-electron chi connectivity index (χ2n) is 5.43. The second-order valence-corrected chi connectivity index (χ2v) is 5.43. The summed E-state index contributed by atoms with van der Waals surface area (Å²) in [6.45, 7) is 4.06. The van der Waals surface area contributed by atoms with Crippen LogP contribution in [0.5, 0.6) is 0 Å². The molecule has 3 rings (SSSR count). The lowest BCUT2D eigenvalue weighted by Crippen LogP contribution is -2.27. The molecule has 0 spiro atoms. The molecule has 1 heterocycles. The number of aromatic nitrogens is 1. The van der Waals surface area contributed by atoms with Crippen molar-refractivity contribution < 1.29 is 4.79 Å². The first kappa shape index (κ1) is 14.3. The molecular formula is C19H18N2O. The Hall–Kier alpha value is -2.68. The molecule has 0 fully saturated rings. The summed E-state index contributed by atoms with van der Waals surface area (Å²) in [6, 6.07) is 17.4. The molecule has 1 aromatic heterocycles. The molecule has 0 radical (unpaired) electrons. The maximum atomic E-state index is 12.6. The lowest BCUT2D eigenvalue weighted by Gasteiger charge is -2.17. The van der Waals surface area contributed by atoms with Gasteiger partial charge in [-0.15, -0.1) is 0 Å². The van der Waals surface area contributed by atoms with Gasteiger partial charge in [0, 0.05) is 17.1 Å². The van der Waals surface area contributed by atoms with Gasteiger partial charge < -0.3 is 5.32 Å². The number of rotatable bonds is 3. The minimum atomic E-state index is -0.0747. The minimum absolute atomic E-state index is 0.0411. The lowest BCUT2D eigenvalue weighted by atomic mass is 10.0. The van der Waals surface area contributed by atoms with Crippen LogP contribution in [0.25, 0.3) is 10.9 Å². The molecular weight excluding hydrogens is 272 g/mol. The molecule has 3 heteroatoms. The molecule has 110 valence electrons. The highest BCUT2D eigenvalue weighted by atomic mass is 16.1. The summed E-state index contributed by atoms with van der Waals surface area (Å²) in [5.41, 5.74) is 3.80. The Kier molecular flexibility index (Phi) is 3.88. The number of nitrogens with one attached hydrogen (secondary N) is 1. The second kappa shape index (κ2) is 5.98. The Balaban J connectivity index is 1.89. The Morgan fingerprint density at radius 3 is 2.68 bits per heavy atom. The zero-order chi connectivity index (χ0) is 15.5. The number of carbonyl (C=O) groups is 1. The fraction of sp³-hybridized carbons (Fsp3) is 0.158. The van der Waals surface area contributed by atoms with Gasteiger partial charge in [0.15, 0.2) is 0 Å². The van der Waals surface area contributed by atoms with Crippen LogP contribution in [-0.2, 0) is 0 Å². The summed E-state index contributed by atoms with van der Waals surface area (Å²) in [6.07, 6.45) is 1.74. The summed E-state index contributed by atoms with van der Waals surface area (Å²) < 4.78 is 0. The monoisotopic (exact) mass is 290 g/mol. The number of aryl methyl sites for hydroxylation is 1. The fourth-order valence-electron chi connectivity index (χ4n) is 2.73. The van der Waals surface area contributed by atoms with Gasteiger partial charge in [-0.25, -0.2) is 0 Å². The highest BCUT2D eigenvalue weighted by Gasteiger charge is 2.15. The zero-order valence-corrected chi connectivity index (χ0v) is 12.7. The molecule has 0 aliphatic rings. The quantitative estimate of drug-likeness (QED) is 0.791. The van der Waals surface area contributed by atoms with E-state index in [1.54, 1.807) is 6.20 Å². The lowest BCUT2D eigenvalue weighted by molar-refractivity contribution is 0.0941. The third kappa shape index (κ3) is 2.70. The molecule has 22 heavy (non-hydrogen) atoms. The Labute approximate surface area is 130 Å². The van der Waals surface area contributed by atoms with E-state index >= 15 is 0 Å². The average Bonchev–Trinajstić information content (AvgIpc) is 2.54.